The Morgan fingerprint density at radius 2 is 1.94 bits per heavy atom. The molecule has 0 N–H and O–H groups in total. The molecule has 1 aromatic rings. The molecule has 1 aliphatic rings. The summed E-state index contributed by atoms with van der Waals surface area (Å²) < 4.78 is 40.0. The molecule has 0 spiro atoms. The number of alkyl halides is 3. The van der Waals surface area contributed by atoms with Crippen molar-refractivity contribution in [3.8, 4) is 6.07 Å². The lowest BCUT2D eigenvalue weighted by atomic mass is 9.95. The SMILES string of the molecule is N#CCc1nnn(C2CCCCC2)c1C(F)(F)F. The summed E-state index contributed by atoms with van der Waals surface area (Å²) in [7, 11) is 0. The largest absolute Gasteiger partial charge is 0.434 e. The number of aromatic nitrogens is 3. The summed E-state index contributed by atoms with van der Waals surface area (Å²) in [6.45, 7) is 0. The molecule has 0 saturated heterocycles. The van der Waals surface area contributed by atoms with Gasteiger partial charge in [-0.1, -0.05) is 24.5 Å². The molecule has 0 bridgehead atoms. The maximum Gasteiger partial charge on any atom is 0.434 e. The summed E-state index contributed by atoms with van der Waals surface area (Å²) in [6.07, 6.45) is -0.603. The van der Waals surface area contributed by atoms with Crippen LogP contribution in [0.5, 0.6) is 0 Å². The van der Waals surface area contributed by atoms with Crippen LogP contribution in [0.3, 0.4) is 0 Å². The Balaban J connectivity index is 2.38. The number of rotatable bonds is 2. The van der Waals surface area contributed by atoms with E-state index in [-0.39, 0.29) is 18.2 Å². The molecule has 1 fully saturated rings. The fraction of sp³-hybridized carbons (Fsp3) is 0.727. The quantitative estimate of drug-likeness (QED) is 0.819. The van der Waals surface area contributed by atoms with Crippen molar-refractivity contribution in [3.05, 3.63) is 11.4 Å². The first-order valence-corrected chi connectivity index (χ1v) is 5.92. The Bertz CT molecular complexity index is 452. The van der Waals surface area contributed by atoms with Crippen molar-refractivity contribution in [2.24, 2.45) is 0 Å². The van der Waals surface area contributed by atoms with Crippen LogP contribution >= 0.6 is 0 Å². The van der Waals surface area contributed by atoms with E-state index in [9.17, 15) is 13.2 Å². The summed E-state index contributed by atoms with van der Waals surface area (Å²) in [5.74, 6) is 0. The molecule has 0 aromatic carbocycles. The van der Waals surface area contributed by atoms with Crippen LogP contribution in [0.1, 0.15) is 49.5 Å². The Morgan fingerprint density at radius 3 is 2.50 bits per heavy atom. The van der Waals surface area contributed by atoms with Crippen LogP contribution in [-0.4, -0.2) is 15.0 Å². The van der Waals surface area contributed by atoms with Gasteiger partial charge in [0.15, 0.2) is 5.69 Å². The Hall–Kier alpha value is -1.58. The van der Waals surface area contributed by atoms with E-state index in [1.807, 2.05) is 0 Å². The normalized spacial score (nSPS) is 17.7. The van der Waals surface area contributed by atoms with Crippen molar-refractivity contribution in [2.75, 3.05) is 0 Å². The summed E-state index contributed by atoms with van der Waals surface area (Å²) >= 11 is 0. The number of nitriles is 1. The summed E-state index contributed by atoms with van der Waals surface area (Å²) in [5, 5.41) is 15.7. The van der Waals surface area contributed by atoms with Crippen molar-refractivity contribution in [2.45, 2.75) is 50.7 Å². The number of hydrogen-bond acceptors (Lipinski definition) is 3. The molecule has 0 unspecified atom stereocenters. The lowest BCUT2D eigenvalue weighted by Crippen LogP contribution is -2.22. The third-order valence-corrected chi connectivity index (χ3v) is 3.20. The predicted octanol–water partition coefficient (Wildman–Crippen LogP) is 2.87. The molecule has 1 aromatic heterocycles. The molecule has 0 amide bonds. The first kappa shape index (κ1) is 12.9. The van der Waals surface area contributed by atoms with Crippen molar-refractivity contribution >= 4 is 0 Å². The van der Waals surface area contributed by atoms with Gasteiger partial charge >= 0.3 is 6.18 Å². The second-order valence-corrected chi connectivity index (χ2v) is 4.45. The van der Waals surface area contributed by atoms with Crippen LogP contribution in [0.25, 0.3) is 0 Å². The minimum atomic E-state index is -4.51. The van der Waals surface area contributed by atoms with Gasteiger partial charge in [0.1, 0.15) is 5.69 Å². The van der Waals surface area contributed by atoms with E-state index in [2.05, 4.69) is 10.3 Å². The molecule has 2 rings (SSSR count). The maximum absolute atomic E-state index is 13.0. The molecule has 1 saturated carbocycles. The van der Waals surface area contributed by atoms with E-state index in [1.54, 1.807) is 6.07 Å². The lowest BCUT2D eigenvalue weighted by Gasteiger charge is -2.23. The van der Waals surface area contributed by atoms with E-state index >= 15 is 0 Å². The van der Waals surface area contributed by atoms with Gasteiger partial charge in [-0.15, -0.1) is 5.10 Å². The monoisotopic (exact) mass is 258 g/mol. The first-order valence-electron chi connectivity index (χ1n) is 5.92. The average Bonchev–Trinajstić information content (AvgIpc) is 2.74. The standard InChI is InChI=1S/C11H13F3N4/c12-11(13,14)10-9(6-7-15)16-17-18(10)8-4-2-1-3-5-8/h8H,1-6H2. The average molecular weight is 258 g/mol. The molecular formula is C11H13F3N4. The fourth-order valence-electron chi connectivity index (χ4n) is 2.40. The van der Waals surface area contributed by atoms with Crippen LogP contribution in [0.4, 0.5) is 13.2 Å². The zero-order valence-electron chi connectivity index (χ0n) is 9.74. The summed E-state index contributed by atoms with van der Waals surface area (Å²) in [6, 6.07) is 1.46. The van der Waals surface area contributed by atoms with E-state index in [0.717, 1.165) is 23.9 Å². The number of hydrogen-bond donors (Lipinski definition) is 0. The predicted molar refractivity (Wildman–Crippen MR) is 56.5 cm³/mol. The van der Waals surface area contributed by atoms with Gasteiger partial charge in [0.2, 0.25) is 0 Å². The van der Waals surface area contributed by atoms with Crippen molar-refractivity contribution in [1.82, 2.24) is 15.0 Å². The van der Waals surface area contributed by atoms with E-state index in [0.29, 0.717) is 12.8 Å². The summed E-state index contributed by atoms with van der Waals surface area (Å²) in [5.41, 5.74) is -1.12. The molecule has 4 nitrogen and oxygen atoms in total. The van der Waals surface area contributed by atoms with Crippen molar-refractivity contribution in [3.63, 3.8) is 0 Å². The first-order chi connectivity index (χ1) is 8.54. The Kier molecular flexibility index (Phi) is 3.55. The third kappa shape index (κ3) is 2.47. The van der Waals surface area contributed by atoms with Gasteiger partial charge in [-0.25, -0.2) is 4.68 Å². The molecule has 1 heterocycles. The van der Waals surface area contributed by atoms with E-state index in [4.69, 9.17) is 5.26 Å². The molecule has 18 heavy (non-hydrogen) atoms. The molecule has 0 radical (unpaired) electrons. The Labute approximate surface area is 102 Å². The van der Waals surface area contributed by atoms with Gasteiger partial charge < -0.3 is 0 Å². The van der Waals surface area contributed by atoms with Crippen LogP contribution in [0.2, 0.25) is 0 Å². The summed E-state index contributed by atoms with van der Waals surface area (Å²) in [4.78, 5) is 0. The zero-order valence-corrected chi connectivity index (χ0v) is 9.74. The smallest absolute Gasteiger partial charge is 0.237 e. The van der Waals surface area contributed by atoms with E-state index < -0.39 is 11.9 Å². The van der Waals surface area contributed by atoms with Gasteiger partial charge in [-0.3, -0.25) is 0 Å². The molecule has 1 aliphatic carbocycles. The highest BCUT2D eigenvalue weighted by molar-refractivity contribution is 5.18. The molecule has 98 valence electrons. The van der Waals surface area contributed by atoms with Gasteiger partial charge in [-0.2, -0.15) is 18.4 Å². The second kappa shape index (κ2) is 4.96. The van der Waals surface area contributed by atoms with Gasteiger partial charge in [-0.05, 0) is 12.8 Å². The molecule has 0 atom stereocenters. The minimum Gasteiger partial charge on any atom is -0.237 e. The topological polar surface area (TPSA) is 54.5 Å². The zero-order chi connectivity index (χ0) is 13.2. The number of nitrogens with zero attached hydrogens (tertiary/aromatic N) is 4. The van der Waals surface area contributed by atoms with Crippen molar-refractivity contribution < 1.29 is 13.2 Å². The molecular weight excluding hydrogens is 245 g/mol. The van der Waals surface area contributed by atoms with E-state index in [1.165, 1.54) is 0 Å². The maximum atomic E-state index is 13.0. The van der Waals surface area contributed by atoms with Crippen molar-refractivity contribution in [1.29, 1.82) is 5.26 Å². The fourth-order valence-corrected chi connectivity index (χ4v) is 2.40. The highest BCUT2D eigenvalue weighted by Gasteiger charge is 2.40. The van der Waals surface area contributed by atoms with Crippen LogP contribution in [-0.2, 0) is 12.6 Å². The van der Waals surface area contributed by atoms with Gasteiger partial charge in [0, 0.05) is 0 Å². The molecule has 7 heteroatoms. The van der Waals surface area contributed by atoms with Crippen LogP contribution in [0.15, 0.2) is 0 Å². The highest BCUT2D eigenvalue weighted by atomic mass is 19.4. The third-order valence-electron chi connectivity index (χ3n) is 3.20. The van der Waals surface area contributed by atoms with Gasteiger partial charge in [0.05, 0.1) is 18.5 Å². The van der Waals surface area contributed by atoms with Crippen LogP contribution in [0, 0.1) is 11.3 Å². The minimum absolute atomic E-state index is 0.240. The Morgan fingerprint density at radius 1 is 1.28 bits per heavy atom. The lowest BCUT2D eigenvalue weighted by molar-refractivity contribution is -0.145. The molecule has 0 aliphatic heterocycles. The van der Waals surface area contributed by atoms with Gasteiger partial charge in [0.25, 0.3) is 0 Å². The number of halogens is 3. The van der Waals surface area contributed by atoms with Crippen LogP contribution < -0.4 is 0 Å². The second-order valence-electron chi connectivity index (χ2n) is 4.45. The highest BCUT2D eigenvalue weighted by Crippen LogP contribution is 2.36.